The molecule has 1 fully saturated rings. The van der Waals surface area contributed by atoms with E-state index in [0.717, 1.165) is 12.8 Å². The first-order valence-corrected chi connectivity index (χ1v) is 6.17. The lowest BCUT2D eigenvalue weighted by Gasteiger charge is -2.37. The molecule has 2 rings (SSSR count). The predicted octanol–water partition coefficient (Wildman–Crippen LogP) is -0.481. The van der Waals surface area contributed by atoms with Gasteiger partial charge in [-0.3, -0.25) is 9.59 Å². The Kier molecular flexibility index (Phi) is 3.56. The largest absolute Gasteiger partial charge is 0.488 e. The maximum absolute atomic E-state index is 12.1. The molecule has 0 saturated carbocycles. The fourth-order valence-corrected chi connectivity index (χ4v) is 2.27. The van der Waals surface area contributed by atoms with Gasteiger partial charge in [-0.05, 0) is 31.8 Å². The highest BCUT2D eigenvalue weighted by molar-refractivity contribution is 5.93. The molecule has 2 amide bonds. The highest BCUT2D eigenvalue weighted by Crippen LogP contribution is 2.23. The number of nitrogens with zero attached hydrogens (tertiary/aromatic N) is 1. The number of aliphatic hydroxyl groups is 1. The van der Waals surface area contributed by atoms with Crippen molar-refractivity contribution in [3.8, 4) is 0 Å². The van der Waals surface area contributed by atoms with Gasteiger partial charge < -0.3 is 20.5 Å². The summed E-state index contributed by atoms with van der Waals surface area (Å²) in [5.41, 5.74) is 3.56. The second-order valence-electron chi connectivity index (χ2n) is 4.79. The van der Waals surface area contributed by atoms with Crippen molar-refractivity contribution in [3.05, 3.63) is 11.8 Å². The van der Waals surface area contributed by atoms with E-state index in [2.05, 4.69) is 0 Å². The number of carbonyl (C=O) groups is 2. The molecule has 0 aromatic rings. The van der Waals surface area contributed by atoms with Gasteiger partial charge in [0.25, 0.3) is 11.8 Å². The van der Waals surface area contributed by atoms with Gasteiger partial charge in [0, 0.05) is 6.54 Å². The molecule has 1 saturated heterocycles. The van der Waals surface area contributed by atoms with Gasteiger partial charge in [-0.25, -0.2) is 0 Å². The van der Waals surface area contributed by atoms with Crippen molar-refractivity contribution in [2.75, 3.05) is 19.7 Å². The van der Waals surface area contributed by atoms with E-state index in [1.807, 2.05) is 0 Å². The number of β-amino-alcohol motifs (C(OH)–C–C–N with tert-alkyl or cyclic N) is 1. The van der Waals surface area contributed by atoms with Crippen molar-refractivity contribution in [2.24, 2.45) is 5.73 Å². The van der Waals surface area contributed by atoms with E-state index >= 15 is 0 Å². The number of rotatable bonds is 2. The van der Waals surface area contributed by atoms with Crippen molar-refractivity contribution in [1.29, 1.82) is 0 Å². The molecular weight excluding hydrogens is 236 g/mol. The summed E-state index contributed by atoms with van der Waals surface area (Å²) in [6.45, 7) is 0.989. The summed E-state index contributed by atoms with van der Waals surface area (Å²) in [5, 5.41) is 10.0. The molecule has 0 radical (unpaired) electrons. The van der Waals surface area contributed by atoms with Gasteiger partial charge in [-0.15, -0.1) is 0 Å². The van der Waals surface area contributed by atoms with Gasteiger partial charge in [0.15, 0.2) is 11.4 Å². The van der Waals surface area contributed by atoms with Gasteiger partial charge >= 0.3 is 0 Å². The number of carbonyl (C=O) groups excluding carboxylic acids is 2. The molecule has 0 aromatic heterocycles. The van der Waals surface area contributed by atoms with Crippen molar-refractivity contribution >= 4 is 11.8 Å². The molecule has 2 aliphatic heterocycles. The average Bonchev–Trinajstić information content (AvgIpc) is 2.39. The predicted molar refractivity (Wildman–Crippen MR) is 63.2 cm³/mol. The maximum atomic E-state index is 12.1. The summed E-state index contributed by atoms with van der Waals surface area (Å²) >= 11 is 0. The SMILES string of the molecule is NC(=O)C1(O)CCCN(C(=O)C2=CCCCO2)C1. The van der Waals surface area contributed by atoms with Crippen LogP contribution in [0.3, 0.4) is 0 Å². The van der Waals surface area contributed by atoms with Crippen molar-refractivity contribution in [1.82, 2.24) is 4.90 Å². The number of hydrogen-bond acceptors (Lipinski definition) is 4. The highest BCUT2D eigenvalue weighted by Gasteiger charge is 2.41. The summed E-state index contributed by atoms with van der Waals surface area (Å²) in [7, 11) is 0. The van der Waals surface area contributed by atoms with Crippen LogP contribution in [-0.4, -0.2) is 47.1 Å². The van der Waals surface area contributed by atoms with Gasteiger partial charge in [-0.2, -0.15) is 0 Å². The first kappa shape index (κ1) is 12.9. The summed E-state index contributed by atoms with van der Waals surface area (Å²) < 4.78 is 5.29. The molecule has 2 aliphatic rings. The third kappa shape index (κ3) is 2.48. The Morgan fingerprint density at radius 3 is 2.83 bits per heavy atom. The number of allylic oxidation sites excluding steroid dienone is 1. The average molecular weight is 254 g/mol. The lowest BCUT2D eigenvalue weighted by molar-refractivity contribution is -0.148. The third-order valence-corrected chi connectivity index (χ3v) is 3.36. The van der Waals surface area contributed by atoms with Crippen LogP contribution < -0.4 is 5.73 Å². The maximum Gasteiger partial charge on any atom is 0.288 e. The van der Waals surface area contributed by atoms with Crippen molar-refractivity contribution in [2.45, 2.75) is 31.3 Å². The molecule has 0 aliphatic carbocycles. The van der Waals surface area contributed by atoms with E-state index in [-0.39, 0.29) is 12.5 Å². The zero-order valence-electron chi connectivity index (χ0n) is 10.2. The van der Waals surface area contributed by atoms with E-state index in [9.17, 15) is 14.7 Å². The number of ether oxygens (including phenoxy) is 1. The van der Waals surface area contributed by atoms with Crippen LogP contribution in [0.25, 0.3) is 0 Å². The van der Waals surface area contributed by atoms with Gasteiger partial charge in [-0.1, -0.05) is 0 Å². The van der Waals surface area contributed by atoms with Gasteiger partial charge in [0.2, 0.25) is 0 Å². The number of amides is 2. The molecule has 6 heteroatoms. The lowest BCUT2D eigenvalue weighted by Crippen LogP contribution is -2.57. The number of likely N-dealkylation sites (tertiary alicyclic amines) is 1. The normalized spacial score (nSPS) is 28.3. The minimum absolute atomic E-state index is 0.0537. The Morgan fingerprint density at radius 1 is 1.44 bits per heavy atom. The number of nitrogens with two attached hydrogens (primary N) is 1. The van der Waals surface area contributed by atoms with E-state index in [1.165, 1.54) is 4.90 Å². The molecule has 3 N–H and O–H groups in total. The Hall–Kier alpha value is -1.56. The Morgan fingerprint density at radius 2 is 2.22 bits per heavy atom. The van der Waals surface area contributed by atoms with Crippen LogP contribution in [0.4, 0.5) is 0 Å². The number of piperidine rings is 1. The van der Waals surface area contributed by atoms with Crippen molar-refractivity contribution in [3.63, 3.8) is 0 Å². The highest BCUT2D eigenvalue weighted by atomic mass is 16.5. The van der Waals surface area contributed by atoms with Crippen LogP contribution in [0.1, 0.15) is 25.7 Å². The molecule has 100 valence electrons. The first-order chi connectivity index (χ1) is 8.53. The van der Waals surface area contributed by atoms with Gasteiger partial charge in [0.1, 0.15) is 0 Å². The van der Waals surface area contributed by atoms with Crippen LogP contribution in [0.2, 0.25) is 0 Å². The molecule has 2 heterocycles. The third-order valence-electron chi connectivity index (χ3n) is 3.36. The fourth-order valence-electron chi connectivity index (χ4n) is 2.27. The summed E-state index contributed by atoms with van der Waals surface area (Å²) in [6, 6.07) is 0. The Bertz CT molecular complexity index is 394. The monoisotopic (exact) mass is 254 g/mol. The van der Waals surface area contributed by atoms with Crippen LogP contribution in [0.5, 0.6) is 0 Å². The molecule has 18 heavy (non-hydrogen) atoms. The minimum Gasteiger partial charge on any atom is -0.488 e. The first-order valence-electron chi connectivity index (χ1n) is 6.17. The molecule has 0 bridgehead atoms. The Labute approximate surface area is 105 Å². The summed E-state index contributed by atoms with van der Waals surface area (Å²) in [6.07, 6.45) is 4.32. The smallest absolute Gasteiger partial charge is 0.288 e. The molecule has 0 spiro atoms. The quantitative estimate of drug-likeness (QED) is 0.696. The van der Waals surface area contributed by atoms with Crippen molar-refractivity contribution < 1.29 is 19.4 Å². The fraction of sp³-hybridized carbons (Fsp3) is 0.667. The number of primary amides is 1. The van der Waals surface area contributed by atoms with Crippen LogP contribution in [0.15, 0.2) is 11.8 Å². The molecule has 0 aromatic carbocycles. The minimum atomic E-state index is -1.61. The standard InChI is InChI=1S/C12H18N2O4/c13-11(16)12(17)5-3-6-14(8-12)10(15)9-4-1-2-7-18-9/h4,17H,1-3,5-8H2,(H2,13,16). The zero-order valence-corrected chi connectivity index (χ0v) is 10.2. The van der Waals surface area contributed by atoms with E-state index in [0.29, 0.717) is 31.8 Å². The molecule has 1 atom stereocenters. The van der Waals surface area contributed by atoms with Gasteiger partial charge in [0.05, 0.1) is 13.2 Å². The molecule has 6 nitrogen and oxygen atoms in total. The van der Waals surface area contributed by atoms with E-state index in [1.54, 1.807) is 6.08 Å². The van der Waals surface area contributed by atoms with E-state index < -0.39 is 11.5 Å². The van der Waals surface area contributed by atoms with Crippen LogP contribution in [0, 0.1) is 0 Å². The molecule has 1 unspecified atom stereocenters. The second-order valence-corrected chi connectivity index (χ2v) is 4.79. The molecular formula is C12H18N2O4. The zero-order chi connectivity index (χ0) is 13.2. The Balaban J connectivity index is 2.07. The van der Waals surface area contributed by atoms with Crippen LogP contribution in [-0.2, 0) is 14.3 Å². The lowest BCUT2D eigenvalue weighted by atomic mass is 9.92. The van der Waals surface area contributed by atoms with E-state index in [4.69, 9.17) is 10.5 Å². The number of hydrogen-bond donors (Lipinski definition) is 2. The topological polar surface area (TPSA) is 92.9 Å². The summed E-state index contributed by atoms with van der Waals surface area (Å²) in [5.74, 6) is -0.734. The van der Waals surface area contributed by atoms with Crippen LogP contribution >= 0.6 is 0 Å². The summed E-state index contributed by atoms with van der Waals surface area (Å²) in [4.78, 5) is 24.8. The second kappa shape index (κ2) is 4.97.